The van der Waals surface area contributed by atoms with E-state index in [1.54, 1.807) is 19.2 Å². The van der Waals surface area contributed by atoms with Crippen LogP contribution in [0.4, 0.5) is 5.82 Å². The van der Waals surface area contributed by atoms with E-state index in [0.717, 1.165) is 40.5 Å². The van der Waals surface area contributed by atoms with Crippen molar-refractivity contribution in [3.63, 3.8) is 0 Å². The van der Waals surface area contributed by atoms with Gasteiger partial charge in [0.1, 0.15) is 5.75 Å². The predicted molar refractivity (Wildman–Crippen MR) is 144 cm³/mol. The van der Waals surface area contributed by atoms with Crippen LogP contribution in [0.2, 0.25) is 0 Å². The molecule has 0 saturated heterocycles. The average molecular weight is 507 g/mol. The Bertz CT molecular complexity index is 1370. The number of aromatic nitrogens is 3. The number of aryl methyl sites for hydroxylation is 1. The summed E-state index contributed by atoms with van der Waals surface area (Å²) < 4.78 is 24.6. The third-order valence-electron chi connectivity index (χ3n) is 5.85. The van der Waals surface area contributed by atoms with Gasteiger partial charge in [-0.05, 0) is 63.6 Å². The van der Waals surface area contributed by atoms with Gasteiger partial charge in [-0.25, -0.2) is 9.67 Å². The van der Waals surface area contributed by atoms with Gasteiger partial charge < -0.3 is 24.3 Å². The summed E-state index contributed by atoms with van der Waals surface area (Å²) in [7, 11) is 1.63. The second-order valence-corrected chi connectivity index (χ2v) is 8.40. The number of amides is 1. The molecule has 0 unspecified atom stereocenters. The van der Waals surface area contributed by atoms with Crippen LogP contribution in [0.25, 0.3) is 21.9 Å². The fraction of sp³-hybridized carbons (Fsp3) is 0.393. The lowest BCUT2D eigenvalue weighted by Crippen LogP contribution is -2.14. The minimum absolute atomic E-state index is 0.335. The molecule has 4 rings (SSSR count). The van der Waals surface area contributed by atoms with Crippen molar-refractivity contribution in [2.24, 2.45) is 0 Å². The molecule has 1 N–H and O–H groups in total. The van der Waals surface area contributed by atoms with Crippen molar-refractivity contribution >= 4 is 33.7 Å². The number of benzene rings is 2. The zero-order chi connectivity index (χ0) is 26.4. The molecule has 0 radical (unpaired) electrons. The van der Waals surface area contributed by atoms with E-state index in [1.807, 2.05) is 49.7 Å². The van der Waals surface area contributed by atoms with Crippen LogP contribution >= 0.6 is 0 Å². The number of carbonyl (C=O) groups is 1. The molecule has 1 amide bonds. The van der Waals surface area contributed by atoms with Gasteiger partial charge in [-0.15, -0.1) is 0 Å². The standard InChI is InChI=1S/C28H34N4O5/c1-6-10-13-32-27-21(15-18-14-20(34-5)11-12-22(18)29-27)26(31-32)30-28(33)19-16-23(35-7-2)25(37-9-4)24(17-19)36-8-3/h11-12,14-17H,6-10,13H2,1-5H3,(H,30,31,33). The van der Waals surface area contributed by atoms with Gasteiger partial charge in [-0.1, -0.05) is 13.3 Å². The second-order valence-electron chi connectivity index (χ2n) is 8.40. The first-order valence-corrected chi connectivity index (χ1v) is 12.8. The number of nitrogens with one attached hydrogen (secondary N) is 1. The van der Waals surface area contributed by atoms with E-state index in [-0.39, 0.29) is 5.91 Å². The molecule has 9 nitrogen and oxygen atoms in total. The van der Waals surface area contributed by atoms with Crippen LogP contribution in [0, 0.1) is 0 Å². The maximum absolute atomic E-state index is 13.5. The van der Waals surface area contributed by atoms with Crippen molar-refractivity contribution in [3.8, 4) is 23.0 Å². The molecule has 9 heteroatoms. The molecule has 0 aliphatic heterocycles. The first-order valence-electron chi connectivity index (χ1n) is 12.8. The summed E-state index contributed by atoms with van der Waals surface area (Å²) in [6, 6.07) is 11.1. The molecule has 2 aromatic carbocycles. The fourth-order valence-corrected chi connectivity index (χ4v) is 4.12. The number of nitrogens with zero attached hydrogens (tertiary/aromatic N) is 3. The topological polar surface area (TPSA) is 96.7 Å². The molecule has 0 aliphatic carbocycles. The van der Waals surface area contributed by atoms with Gasteiger partial charge in [0.25, 0.3) is 5.91 Å². The minimum Gasteiger partial charge on any atom is -0.497 e. The third-order valence-corrected chi connectivity index (χ3v) is 5.85. The van der Waals surface area contributed by atoms with Crippen LogP contribution in [0.15, 0.2) is 36.4 Å². The highest BCUT2D eigenvalue weighted by Crippen LogP contribution is 2.39. The van der Waals surface area contributed by atoms with Crippen LogP contribution in [-0.2, 0) is 6.54 Å². The van der Waals surface area contributed by atoms with Crippen molar-refractivity contribution in [3.05, 3.63) is 42.0 Å². The van der Waals surface area contributed by atoms with E-state index in [1.165, 1.54) is 0 Å². The third kappa shape index (κ3) is 5.55. The highest BCUT2D eigenvalue weighted by Gasteiger charge is 2.21. The molecular weight excluding hydrogens is 472 g/mol. The zero-order valence-corrected chi connectivity index (χ0v) is 22.1. The van der Waals surface area contributed by atoms with Crippen molar-refractivity contribution in [2.75, 3.05) is 32.2 Å². The van der Waals surface area contributed by atoms with E-state index in [9.17, 15) is 4.79 Å². The number of carbonyl (C=O) groups excluding carboxylic acids is 1. The number of fused-ring (bicyclic) bond motifs is 2. The van der Waals surface area contributed by atoms with Crippen LogP contribution < -0.4 is 24.3 Å². The largest absolute Gasteiger partial charge is 0.497 e. The Morgan fingerprint density at radius 3 is 2.27 bits per heavy atom. The second kappa shape index (κ2) is 11.8. The Morgan fingerprint density at radius 2 is 1.65 bits per heavy atom. The fourth-order valence-electron chi connectivity index (χ4n) is 4.12. The Kier molecular flexibility index (Phi) is 8.32. The molecule has 0 aliphatic rings. The number of rotatable bonds is 12. The average Bonchev–Trinajstić information content (AvgIpc) is 3.23. The van der Waals surface area contributed by atoms with Gasteiger partial charge in [0.2, 0.25) is 5.75 Å². The van der Waals surface area contributed by atoms with Crippen LogP contribution in [0.1, 0.15) is 50.9 Å². The summed E-state index contributed by atoms with van der Waals surface area (Å²) in [4.78, 5) is 18.3. The number of ether oxygens (including phenoxy) is 4. The highest BCUT2D eigenvalue weighted by molar-refractivity contribution is 6.09. The maximum Gasteiger partial charge on any atom is 0.257 e. The summed E-state index contributed by atoms with van der Waals surface area (Å²) >= 11 is 0. The summed E-state index contributed by atoms with van der Waals surface area (Å²) in [6.45, 7) is 9.76. The number of hydrogen-bond acceptors (Lipinski definition) is 7. The summed E-state index contributed by atoms with van der Waals surface area (Å²) in [6.07, 6.45) is 1.96. The van der Waals surface area contributed by atoms with E-state index in [0.29, 0.717) is 55.0 Å². The number of pyridine rings is 1. The zero-order valence-electron chi connectivity index (χ0n) is 22.1. The SMILES string of the molecule is CCCCn1nc(NC(=O)c2cc(OCC)c(OCC)c(OCC)c2)c2cc3cc(OC)ccc3nc21. The smallest absolute Gasteiger partial charge is 0.257 e. The van der Waals surface area contributed by atoms with Gasteiger partial charge in [0, 0.05) is 17.5 Å². The van der Waals surface area contributed by atoms with Gasteiger partial charge in [-0.3, -0.25) is 4.79 Å². The first kappa shape index (κ1) is 26.1. The van der Waals surface area contributed by atoms with Gasteiger partial charge in [0.05, 0.1) is 37.8 Å². The van der Waals surface area contributed by atoms with Gasteiger partial charge >= 0.3 is 0 Å². The Hall–Kier alpha value is -4.01. The lowest BCUT2D eigenvalue weighted by atomic mass is 10.1. The molecule has 2 heterocycles. The van der Waals surface area contributed by atoms with E-state index < -0.39 is 0 Å². The van der Waals surface area contributed by atoms with Gasteiger partial charge in [-0.2, -0.15) is 5.10 Å². The molecule has 196 valence electrons. The van der Waals surface area contributed by atoms with Crippen molar-refractivity contribution < 1.29 is 23.7 Å². The molecule has 0 saturated carbocycles. The van der Waals surface area contributed by atoms with Crippen LogP contribution in [0.5, 0.6) is 23.0 Å². The molecule has 0 spiro atoms. The molecule has 0 atom stereocenters. The Balaban J connectivity index is 1.77. The summed E-state index contributed by atoms with van der Waals surface area (Å²) in [5, 5.41) is 9.37. The van der Waals surface area contributed by atoms with Crippen LogP contribution in [0.3, 0.4) is 0 Å². The molecule has 2 aromatic heterocycles. The Labute approximate surface area is 216 Å². The van der Waals surface area contributed by atoms with Gasteiger partial charge in [0.15, 0.2) is 23.0 Å². The lowest BCUT2D eigenvalue weighted by Gasteiger charge is -2.17. The summed E-state index contributed by atoms with van der Waals surface area (Å²) in [5.41, 5.74) is 1.93. The van der Waals surface area contributed by atoms with Crippen LogP contribution in [-0.4, -0.2) is 47.6 Å². The maximum atomic E-state index is 13.5. The number of methoxy groups -OCH3 is 1. The van der Waals surface area contributed by atoms with Crippen molar-refractivity contribution in [1.82, 2.24) is 14.8 Å². The Morgan fingerprint density at radius 1 is 0.946 bits per heavy atom. The monoisotopic (exact) mass is 506 g/mol. The summed E-state index contributed by atoms with van der Waals surface area (Å²) in [5.74, 6) is 2.24. The molecule has 4 aromatic rings. The molecule has 0 bridgehead atoms. The van der Waals surface area contributed by atoms with E-state index in [2.05, 4.69) is 12.2 Å². The minimum atomic E-state index is -0.335. The van der Waals surface area contributed by atoms with Crippen molar-refractivity contribution in [1.29, 1.82) is 0 Å². The number of unbranched alkanes of at least 4 members (excludes halogenated alkanes) is 1. The van der Waals surface area contributed by atoms with Crippen molar-refractivity contribution in [2.45, 2.75) is 47.1 Å². The number of hydrogen-bond donors (Lipinski definition) is 1. The highest BCUT2D eigenvalue weighted by atomic mass is 16.5. The molecular formula is C28H34N4O5. The molecule has 37 heavy (non-hydrogen) atoms. The number of anilines is 1. The quantitative estimate of drug-likeness (QED) is 0.258. The molecule has 0 fully saturated rings. The lowest BCUT2D eigenvalue weighted by molar-refractivity contribution is 0.102. The normalized spacial score (nSPS) is 11.1. The predicted octanol–water partition coefficient (Wildman–Crippen LogP) is 5.84. The van der Waals surface area contributed by atoms with E-state index in [4.69, 9.17) is 29.0 Å². The first-order chi connectivity index (χ1) is 18.0. The van der Waals surface area contributed by atoms with E-state index >= 15 is 0 Å².